The molecule has 0 aliphatic rings. The van der Waals surface area contributed by atoms with Crippen LogP contribution in [0.3, 0.4) is 0 Å². The molecule has 70 valence electrons. The first-order valence-corrected chi connectivity index (χ1v) is 3.88. The molecule has 0 saturated heterocycles. The van der Waals surface area contributed by atoms with Gasteiger partial charge in [-0.3, -0.25) is 10.6 Å². The highest BCUT2D eigenvalue weighted by molar-refractivity contribution is 5.72. The maximum Gasteiger partial charge on any atom is 0.309 e. The lowest BCUT2D eigenvalue weighted by Crippen LogP contribution is -2.07. The quantitative estimate of drug-likeness (QED) is 0.408. The Morgan fingerprint density at radius 2 is 2.08 bits per heavy atom. The highest BCUT2D eigenvalue weighted by Crippen LogP contribution is 2.08. The van der Waals surface area contributed by atoms with E-state index < -0.39 is 0 Å². The van der Waals surface area contributed by atoms with E-state index in [0.717, 1.165) is 11.3 Å². The van der Waals surface area contributed by atoms with Crippen molar-refractivity contribution in [3.8, 4) is 0 Å². The molecular formula is C9H12N2O2. The van der Waals surface area contributed by atoms with E-state index >= 15 is 0 Å². The van der Waals surface area contributed by atoms with Gasteiger partial charge in [0.25, 0.3) is 0 Å². The average molecular weight is 180 g/mol. The predicted molar refractivity (Wildman–Crippen MR) is 50.0 cm³/mol. The normalized spacial score (nSPS) is 9.38. The van der Waals surface area contributed by atoms with Crippen LogP contribution in [0.15, 0.2) is 24.3 Å². The summed E-state index contributed by atoms with van der Waals surface area (Å²) in [5.74, 6) is 4.94. The second-order valence-corrected chi connectivity index (χ2v) is 2.59. The molecule has 1 aromatic carbocycles. The zero-order chi connectivity index (χ0) is 9.68. The molecule has 1 rings (SSSR count). The highest BCUT2D eigenvalue weighted by Gasteiger charge is 2.01. The molecule has 4 nitrogen and oxygen atoms in total. The van der Waals surface area contributed by atoms with Gasteiger partial charge in [-0.2, -0.15) is 0 Å². The maximum atomic E-state index is 10.9. The van der Waals surface area contributed by atoms with Crippen LogP contribution < -0.4 is 11.3 Å². The molecule has 0 aliphatic carbocycles. The van der Waals surface area contributed by atoms with Crippen molar-refractivity contribution < 1.29 is 9.53 Å². The average Bonchev–Trinajstić information content (AvgIpc) is 2.19. The summed E-state index contributed by atoms with van der Waals surface area (Å²) in [5.41, 5.74) is 4.23. The molecule has 0 fully saturated rings. The third-order valence-corrected chi connectivity index (χ3v) is 1.70. The van der Waals surface area contributed by atoms with E-state index in [-0.39, 0.29) is 5.97 Å². The second kappa shape index (κ2) is 4.47. The van der Waals surface area contributed by atoms with Crippen molar-refractivity contribution in [3.05, 3.63) is 29.8 Å². The fourth-order valence-electron chi connectivity index (χ4n) is 0.958. The molecular weight excluding hydrogens is 168 g/mol. The molecule has 0 heterocycles. The van der Waals surface area contributed by atoms with Gasteiger partial charge in [-0.05, 0) is 17.7 Å². The van der Waals surface area contributed by atoms with Crippen molar-refractivity contribution in [1.82, 2.24) is 0 Å². The third kappa shape index (κ3) is 2.76. The summed E-state index contributed by atoms with van der Waals surface area (Å²) in [6.45, 7) is 0. The largest absolute Gasteiger partial charge is 0.469 e. The van der Waals surface area contributed by atoms with E-state index in [1.165, 1.54) is 7.11 Å². The third-order valence-electron chi connectivity index (χ3n) is 1.70. The lowest BCUT2D eigenvalue weighted by atomic mass is 10.1. The summed E-state index contributed by atoms with van der Waals surface area (Å²) in [4.78, 5) is 10.9. The SMILES string of the molecule is COC(=O)Cc1ccc(NN)cc1. The number of esters is 1. The molecule has 0 unspecified atom stereocenters. The number of carbonyl (C=O) groups excluding carboxylic acids is 1. The van der Waals surface area contributed by atoms with Gasteiger partial charge in [0.1, 0.15) is 0 Å². The number of benzene rings is 1. The van der Waals surface area contributed by atoms with Crippen LogP contribution in [0.5, 0.6) is 0 Å². The number of hydrogen-bond acceptors (Lipinski definition) is 4. The monoisotopic (exact) mass is 180 g/mol. The Bertz CT molecular complexity index is 282. The minimum Gasteiger partial charge on any atom is -0.469 e. The molecule has 0 atom stereocenters. The van der Waals surface area contributed by atoms with E-state index in [9.17, 15) is 4.79 Å². The number of nitrogens with two attached hydrogens (primary N) is 1. The minimum atomic E-state index is -0.242. The molecule has 0 bridgehead atoms. The fourth-order valence-corrected chi connectivity index (χ4v) is 0.958. The molecule has 0 saturated carbocycles. The number of carbonyl (C=O) groups is 1. The van der Waals surface area contributed by atoms with Gasteiger partial charge in [0.15, 0.2) is 0 Å². The summed E-state index contributed by atoms with van der Waals surface area (Å²) < 4.78 is 4.53. The van der Waals surface area contributed by atoms with Crippen LogP contribution >= 0.6 is 0 Å². The fraction of sp³-hybridized carbons (Fsp3) is 0.222. The van der Waals surface area contributed by atoms with Gasteiger partial charge in [-0.1, -0.05) is 12.1 Å². The zero-order valence-electron chi connectivity index (χ0n) is 7.41. The van der Waals surface area contributed by atoms with E-state index in [4.69, 9.17) is 5.84 Å². The Kier molecular flexibility index (Phi) is 3.28. The van der Waals surface area contributed by atoms with Crippen molar-refractivity contribution in [1.29, 1.82) is 0 Å². The van der Waals surface area contributed by atoms with Gasteiger partial charge < -0.3 is 10.2 Å². The number of hydrazine groups is 1. The minimum absolute atomic E-state index is 0.242. The summed E-state index contributed by atoms with van der Waals surface area (Å²) >= 11 is 0. The molecule has 0 spiro atoms. The lowest BCUT2D eigenvalue weighted by molar-refractivity contribution is -0.139. The molecule has 4 heteroatoms. The van der Waals surface area contributed by atoms with Gasteiger partial charge in [0, 0.05) is 5.69 Å². The maximum absolute atomic E-state index is 10.9. The van der Waals surface area contributed by atoms with Crippen molar-refractivity contribution in [2.45, 2.75) is 6.42 Å². The van der Waals surface area contributed by atoms with Crippen molar-refractivity contribution in [2.75, 3.05) is 12.5 Å². The number of ether oxygens (including phenoxy) is 1. The molecule has 0 aromatic heterocycles. The molecule has 0 aliphatic heterocycles. The lowest BCUT2D eigenvalue weighted by Gasteiger charge is -2.02. The van der Waals surface area contributed by atoms with E-state index in [1.54, 1.807) is 12.1 Å². The topological polar surface area (TPSA) is 64.3 Å². The van der Waals surface area contributed by atoms with Crippen LogP contribution in [0.25, 0.3) is 0 Å². The smallest absolute Gasteiger partial charge is 0.309 e. The van der Waals surface area contributed by atoms with Gasteiger partial charge in [-0.25, -0.2) is 0 Å². The van der Waals surface area contributed by atoms with Gasteiger partial charge in [-0.15, -0.1) is 0 Å². The Labute approximate surface area is 76.7 Å². The van der Waals surface area contributed by atoms with Gasteiger partial charge in [0.2, 0.25) is 0 Å². The van der Waals surface area contributed by atoms with E-state index in [1.807, 2.05) is 12.1 Å². The first kappa shape index (κ1) is 9.54. The van der Waals surface area contributed by atoms with Crippen molar-refractivity contribution in [2.24, 2.45) is 5.84 Å². The summed E-state index contributed by atoms with van der Waals surface area (Å²) in [6, 6.07) is 7.26. The Hall–Kier alpha value is -1.55. The Balaban J connectivity index is 2.64. The van der Waals surface area contributed by atoms with Gasteiger partial charge in [0.05, 0.1) is 13.5 Å². The second-order valence-electron chi connectivity index (χ2n) is 2.59. The first-order chi connectivity index (χ1) is 6.26. The van der Waals surface area contributed by atoms with E-state index in [2.05, 4.69) is 10.2 Å². The predicted octanol–water partition coefficient (Wildman–Crippen LogP) is 0.688. The van der Waals surface area contributed by atoms with Crippen LogP contribution in [-0.4, -0.2) is 13.1 Å². The van der Waals surface area contributed by atoms with E-state index in [0.29, 0.717) is 6.42 Å². The summed E-state index contributed by atoms with van der Waals surface area (Å²) in [5, 5.41) is 0. The molecule has 0 amide bonds. The summed E-state index contributed by atoms with van der Waals surface area (Å²) in [6.07, 6.45) is 0.293. The zero-order valence-corrected chi connectivity index (χ0v) is 7.41. The van der Waals surface area contributed by atoms with Crippen LogP contribution in [-0.2, 0) is 16.0 Å². The summed E-state index contributed by atoms with van der Waals surface area (Å²) in [7, 11) is 1.37. The standard InChI is InChI=1S/C9H12N2O2/c1-13-9(12)6-7-2-4-8(11-10)5-3-7/h2-5,11H,6,10H2,1H3. The highest BCUT2D eigenvalue weighted by atomic mass is 16.5. The number of hydrogen-bond donors (Lipinski definition) is 2. The van der Waals surface area contributed by atoms with Crippen LogP contribution in [0.2, 0.25) is 0 Å². The van der Waals surface area contributed by atoms with Crippen LogP contribution in [0.4, 0.5) is 5.69 Å². The van der Waals surface area contributed by atoms with Crippen molar-refractivity contribution in [3.63, 3.8) is 0 Å². The molecule has 13 heavy (non-hydrogen) atoms. The number of methoxy groups -OCH3 is 1. The number of rotatable bonds is 3. The molecule has 3 N–H and O–H groups in total. The number of nitrogen functional groups attached to an aromatic ring is 1. The number of anilines is 1. The van der Waals surface area contributed by atoms with Crippen molar-refractivity contribution >= 4 is 11.7 Å². The van der Waals surface area contributed by atoms with Gasteiger partial charge >= 0.3 is 5.97 Å². The molecule has 1 aromatic rings. The number of nitrogens with one attached hydrogen (secondary N) is 1. The molecule has 0 radical (unpaired) electrons. The first-order valence-electron chi connectivity index (χ1n) is 3.88. The Morgan fingerprint density at radius 1 is 1.46 bits per heavy atom. The Morgan fingerprint density at radius 3 is 2.54 bits per heavy atom. The van der Waals surface area contributed by atoms with Crippen LogP contribution in [0.1, 0.15) is 5.56 Å². The van der Waals surface area contributed by atoms with Crippen LogP contribution in [0, 0.1) is 0 Å².